The first-order valence-corrected chi connectivity index (χ1v) is 3.62. The van der Waals surface area contributed by atoms with Crippen LogP contribution in [0.4, 0.5) is 25.0 Å². The minimum Gasteiger partial charge on any atom is -0.351 e. The van der Waals surface area contributed by atoms with E-state index in [1.54, 1.807) is 5.32 Å². The van der Waals surface area contributed by atoms with E-state index in [1.165, 1.54) is 0 Å². The Morgan fingerprint density at radius 1 is 1.47 bits per heavy atom. The molecular weight excluding hydrogens is 212 g/mol. The summed E-state index contributed by atoms with van der Waals surface area (Å²) in [5.74, 6) is -2.84. The fourth-order valence-corrected chi connectivity index (χ4v) is 0.935. The lowest BCUT2D eigenvalue weighted by atomic mass is 10.2. The van der Waals surface area contributed by atoms with Gasteiger partial charge in [0.05, 0.1) is 4.92 Å². The maximum absolute atomic E-state index is 13.0. The number of carbonyl (C=O) groups is 1. The summed E-state index contributed by atoms with van der Waals surface area (Å²) in [5, 5.41) is 12.0. The van der Waals surface area contributed by atoms with Gasteiger partial charge in [0, 0.05) is 6.07 Å². The predicted octanol–water partition coefficient (Wildman–Crippen LogP) is 1.36. The molecule has 1 rings (SSSR count). The summed E-state index contributed by atoms with van der Waals surface area (Å²) in [4.78, 5) is 19.8. The second-order valence-electron chi connectivity index (χ2n) is 2.50. The predicted molar refractivity (Wildman–Crippen MR) is 46.2 cm³/mol. The van der Waals surface area contributed by atoms with Gasteiger partial charge in [0.25, 0.3) is 5.69 Å². The molecule has 0 aromatic heterocycles. The van der Waals surface area contributed by atoms with Gasteiger partial charge in [-0.15, -0.1) is 0 Å². The lowest BCUT2D eigenvalue weighted by Gasteiger charge is -2.04. The normalized spacial score (nSPS) is 9.73. The average molecular weight is 217 g/mol. The molecule has 0 fully saturated rings. The van der Waals surface area contributed by atoms with Crippen LogP contribution in [0, 0.1) is 21.7 Å². The smallest absolute Gasteiger partial charge is 0.316 e. The number of nitro benzene ring substituents is 1. The van der Waals surface area contributed by atoms with Crippen molar-refractivity contribution in [1.82, 2.24) is 0 Å². The zero-order chi connectivity index (χ0) is 11.6. The molecule has 0 saturated heterocycles. The fourth-order valence-electron chi connectivity index (χ4n) is 0.935. The van der Waals surface area contributed by atoms with Crippen LogP contribution in [0.25, 0.3) is 0 Å². The quantitative estimate of drug-likeness (QED) is 0.577. The monoisotopic (exact) mass is 217 g/mol. The first-order valence-electron chi connectivity index (χ1n) is 3.62. The molecule has 1 aromatic rings. The molecule has 6 nitrogen and oxygen atoms in total. The SMILES string of the molecule is NC(=O)Nc1c([N+](=O)[O-])ccc(F)c1F. The Hall–Kier alpha value is -2.25. The van der Waals surface area contributed by atoms with Crippen molar-refractivity contribution in [3.8, 4) is 0 Å². The van der Waals surface area contributed by atoms with Crippen LogP contribution in [0.5, 0.6) is 0 Å². The van der Waals surface area contributed by atoms with Gasteiger partial charge in [0.15, 0.2) is 17.3 Å². The van der Waals surface area contributed by atoms with Gasteiger partial charge in [-0.05, 0) is 6.07 Å². The van der Waals surface area contributed by atoms with Crippen molar-refractivity contribution in [2.75, 3.05) is 5.32 Å². The van der Waals surface area contributed by atoms with E-state index in [-0.39, 0.29) is 0 Å². The molecule has 1 aromatic carbocycles. The van der Waals surface area contributed by atoms with Gasteiger partial charge >= 0.3 is 6.03 Å². The van der Waals surface area contributed by atoms with Crippen LogP contribution in [0.1, 0.15) is 0 Å². The van der Waals surface area contributed by atoms with E-state index in [1.807, 2.05) is 0 Å². The van der Waals surface area contributed by atoms with Crippen molar-refractivity contribution in [1.29, 1.82) is 0 Å². The van der Waals surface area contributed by atoms with Gasteiger partial charge in [-0.25, -0.2) is 13.6 Å². The second kappa shape index (κ2) is 3.86. The van der Waals surface area contributed by atoms with Crippen LogP contribution in [-0.2, 0) is 0 Å². The van der Waals surface area contributed by atoms with Gasteiger partial charge in [0.1, 0.15) is 0 Å². The third-order valence-electron chi connectivity index (χ3n) is 1.52. The van der Waals surface area contributed by atoms with Gasteiger partial charge in [0.2, 0.25) is 0 Å². The van der Waals surface area contributed by atoms with Crippen molar-refractivity contribution in [3.63, 3.8) is 0 Å². The molecule has 0 aliphatic carbocycles. The molecule has 0 unspecified atom stereocenters. The number of nitro groups is 1. The Labute approximate surface area is 81.8 Å². The third kappa shape index (κ3) is 2.16. The molecule has 0 spiro atoms. The van der Waals surface area contributed by atoms with Gasteiger partial charge in [-0.3, -0.25) is 15.4 Å². The van der Waals surface area contributed by atoms with Gasteiger partial charge < -0.3 is 5.73 Å². The maximum atomic E-state index is 13.0. The molecule has 0 aliphatic rings. The average Bonchev–Trinajstić information content (AvgIpc) is 2.12. The van der Waals surface area contributed by atoms with Crippen molar-refractivity contribution < 1.29 is 18.5 Å². The number of hydrogen-bond acceptors (Lipinski definition) is 3. The van der Waals surface area contributed by atoms with Crippen LogP contribution in [-0.4, -0.2) is 11.0 Å². The number of urea groups is 1. The van der Waals surface area contributed by atoms with Crippen LogP contribution in [0.3, 0.4) is 0 Å². The fraction of sp³-hybridized carbons (Fsp3) is 0. The Morgan fingerprint density at radius 3 is 2.53 bits per heavy atom. The largest absolute Gasteiger partial charge is 0.351 e. The Morgan fingerprint density at radius 2 is 2.07 bits per heavy atom. The van der Waals surface area contributed by atoms with Crippen LogP contribution in [0.15, 0.2) is 12.1 Å². The van der Waals surface area contributed by atoms with Crippen molar-refractivity contribution in [3.05, 3.63) is 33.9 Å². The number of halogens is 2. The number of amides is 2. The first kappa shape index (κ1) is 10.8. The molecule has 0 saturated carbocycles. The minimum absolute atomic E-state index is 0.583. The van der Waals surface area contributed by atoms with Crippen LogP contribution >= 0.6 is 0 Å². The molecule has 0 atom stereocenters. The number of nitrogens with one attached hydrogen (secondary N) is 1. The third-order valence-corrected chi connectivity index (χ3v) is 1.52. The molecule has 15 heavy (non-hydrogen) atoms. The summed E-state index contributed by atoms with van der Waals surface area (Å²) >= 11 is 0. The summed E-state index contributed by atoms with van der Waals surface area (Å²) in [6, 6.07) is 0.0890. The van der Waals surface area contributed by atoms with Gasteiger partial charge in [-0.1, -0.05) is 0 Å². The first-order chi connectivity index (χ1) is 6.93. The highest BCUT2D eigenvalue weighted by Gasteiger charge is 2.22. The number of hydrogen-bond donors (Lipinski definition) is 2. The number of rotatable bonds is 2. The van der Waals surface area contributed by atoms with Crippen molar-refractivity contribution in [2.45, 2.75) is 0 Å². The number of carbonyl (C=O) groups excluding carboxylic acids is 1. The molecule has 80 valence electrons. The number of primary amides is 1. The van der Waals surface area contributed by atoms with Gasteiger partial charge in [-0.2, -0.15) is 0 Å². The standard InChI is InChI=1S/C7H5F2N3O3/c8-3-1-2-4(12(14)15)6(5(3)9)11-7(10)13/h1-2H,(H3,10,11,13). The lowest BCUT2D eigenvalue weighted by molar-refractivity contribution is -0.384. The van der Waals surface area contributed by atoms with Crippen LogP contribution < -0.4 is 11.1 Å². The van der Waals surface area contributed by atoms with E-state index >= 15 is 0 Å². The van der Waals surface area contributed by atoms with E-state index in [0.29, 0.717) is 6.07 Å². The van der Waals surface area contributed by atoms with E-state index in [4.69, 9.17) is 0 Å². The second-order valence-corrected chi connectivity index (χ2v) is 2.50. The highest BCUT2D eigenvalue weighted by Crippen LogP contribution is 2.28. The summed E-state index contributed by atoms with van der Waals surface area (Å²) in [6.07, 6.45) is 0. The zero-order valence-electron chi connectivity index (χ0n) is 7.16. The number of anilines is 1. The molecule has 0 aliphatic heterocycles. The molecular formula is C7H5F2N3O3. The summed E-state index contributed by atoms with van der Waals surface area (Å²) in [7, 11) is 0. The van der Waals surface area contributed by atoms with E-state index in [0.717, 1.165) is 6.07 Å². The summed E-state index contributed by atoms with van der Waals surface area (Å²) < 4.78 is 25.7. The van der Waals surface area contributed by atoms with E-state index < -0.39 is 34.0 Å². The molecule has 0 radical (unpaired) electrons. The summed E-state index contributed by atoms with van der Waals surface area (Å²) in [6.45, 7) is 0. The highest BCUT2D eigenvalue weighted by molar-refractivity contribution is 5.90. The topological polar surface area (TPSA) is 98.3 Å². The lowest BCUT2D eigenvalue weighted by Crippen LogP contribution is -2.21. The van der Waals surface area contributed by atoms with Crippen LogP contribution in [0.2, 0.25) is 0 Å². The van der Waals surface area contributed by atoms with Crippen molar-refractivity contribution in [2.24, 2.45) is 5.73 Å². The molecule has 0 heterocycles. The zero-order valence-corrected chi connectivity index (χ0v) is 7.16. The van der Waals surface area contributed by atoms with E-state index in [2.05, 4.69) is 5.73 Å². The minimum atomic E-state index is -1.52. The number of nitrogens with two attached hydrogens (primary N) is 1. The van der Waals surface area contributed by atoms with Crippen molar-refractivity contribution >= 4 is 17.4 Å². The highest BCUT2D eigenvalue weighted by atomic mass is 19.2. The Bertz CT molecular complexity index is 436. The summed E-state index contributed by atoms with van der Waals surface area (Å²) in [5.41, 5.74) is 3.00. The van der Waals surface area contributed by atoms with E-state index in [9.17, 15) is 23.7 Å². The molecule has 0 bridgehead atoms. The Balaban J connectivity index is 3.34. The Kier molecular flexibility index (Phi) is 2.79. The molecule has 8 heteroatoms. The maximum Gasteiger partial charge on any atom is 0.316 e. The number of benzene rings is 1. The molecule has 3 N–H and O–H groups in total. The molecule has 2 amide bonds. The number of nitrogens with zero attached hydrogens (tertiary/aromatic N) is 1.